The van der Waals surface area contributed by atoms with Crippen LogP contribution in [-0.4, -0.2) is 44.7 Å². The standard InChI is InChI=1S/C11H21NO4/c1-7(11(15)16)5-6-8(2)12(9(3)13)10(4)14/h8-10,13-14H,1,5-6H2,2-4H3,(H,15,16). The lowest BCUT2D eigenvalue weighted by molar-refractivity contribution is -0.132. The summed E-state index contributed by atoms with van der Waals surface area (Å²) < 4.78 is 0. The summed E-state index contributed by atoms with van der Waals surface area (Å²) in [6.07, 6.45) is -0.672. The van der Waals surface area contributed by atoms with E-state index in [1.165, 1.54) is 4.90 Å². The molecule has 0 rings (SSSR count). The van der Waals surface area contributed by atoms with Gasteiger partial charge in [0.05, 0.1) is 0 Å². The predicted octanol–water partition coefficient (Wildman–Crippen LogP) is 0.775. The highest BCUT2D eigenvalue weighted by atomic mass is 16.4. The van der Waals surface area contributed by atoms with E-state index in [2.05, 4.69) is 6.58 Å². The number of carboxylic acids is 1. The fraction of sp³-hybridized carbons (Fsp3) is 0.727. The molecule has 3 N–H and O–H groups in total. The maximum absolute atomic E-state index is 10.5. The molecule has 5 nitrogen and oxygen atoms in total. The second-order valence-electron chi connectivity index (χ2n) is 4.01. The molecule has 3 unspecified atom stereocenters. The van der Waals surface area contributed by atoms with Crippen LogP contribution in [0.1, 0.15) is 33.6 Å². The summed E-state index contributed by atoms with van der Waals surface area (Å²) in [7, 11) is 0. The molecule has 0 aliphatic heterocycles. The first-order valence-electron chi connectivity index (χ1n) is 5.32. The number of hydrogen-bond acceptors (Lipinski definition) is 4. The summed E-state index contributed by atoms with van der Waals surface area (Å²) in [4.78, 5) is 12.0. The zero-order valence-corrected chi connectivity index (χ0v) is 10.1. The first-order valence-corrected chi connectivity index (χ1v) is 5.32. The molecule has 0 fully saturated rings. The van der Waals surface area contributed by atoms with Crippen LogP contribution >= 0.6 is 0 Å². The van der Waals surface area contributed by atoms with E-state index in [1.54, 1.807) is 13.8 Å². The quantitative estimate of drug-likeness (QED) is 0.445. The van der Waals surface area contributed by atoms with Gasteiger partial charge >= 0.3 is 5.97 Å². The largest absolute Gasteiger partial charge is 0.478 e. The van der Waals surface area contributed by atoms with Crippen LogP contribution in [0.3, 0.4) is 0 Å². The van der Waals surface area contributed by atoms with E-state index < -0.39 is 18.4 Å². The van der Waals surface area contributed by atoms with Gasteiger partial charge in [0.25, 0.3) is 0 Å². The number of carboxylic acid groups (broad SMARTS) is 1. The van der Waals surface area contributed by atoms with E-state index in [-0.39, 0.29) is 11.6 Å². The van der Waals surface area contributed by atoms with E-state index in [0.717, 1.165) is 0 Å². The van der Waals surface area contributed by atoms with Crippen LogP contribution < -0.4 is 0 Å². The summed E-state index contributed by atoms with van der Waals surface area (Å²) in [5.74, 6) is -1.01. The summed E-state index contributed by atoms with van der Waals surface area (Å²) in [6.45, 7) is 8.39. The molecule has 0 aliphatic carbocycles. The van der Waals surface area contributed by atoms with Gasteiger partial charge in [-0.3, -0.25) is 4.90 Å². The molecule has 0 amide bonds. The number of rotatable bonds is 7. The highest BCUT2D eigenvalue weighted by molar-refractivity contribution is 5.85. The Balaban J connectivity index is 4.27. The Labute approximate surface area is 96.0 Å². The van der Waals surface area contributed by atoms with Crippen LogP contribution in [0, 0.1) is 0 Å². The van der Waals surface area contributed by atoms with E-state index >= 15 is 0 Å². The average Bonchev–Trinajstić information content (AvgIpc) is 2.12. The van der Waals surface area contributed by atoms with Gasteiger partial charge in [-0.25, -0.2) is 4.79 Å². The maximum atomic E-state index is 10.5. The molecule has 0 aromatic heterocycles. The predicted molar refractivity (Wildman–Crippen MR) is 60.7 cm³/mol. The molecule has 0 saturated carbocycles. The lowest BCUT2D eigenvalue weighted by atomic mass is 10.1. The molecule has 0 aromatic carbocycles. The second-order valence-corrected chi connectivity index (χ2v) is 4.01. The summed E-state index contributed by atoms with van der Waals surface area (Å²) >= 11 is 0. The monoisotopic (exact) mass is 231 g/mol. The Morgan fingerprint density at radius 1 is 1.25 bits per heavy atom. The molecular weight excluding hydrogens is 210 g/mol. The zero-order chi connectivity index (χ0) is 12.9. The molecule has 3 atom stereocenters. The SMILES string of the molecule is C=C(CCC(C)N(C(C)O)C(C)O)C(=O)O. The fourth-order valence-corrected chi connectivity index (χ4v) is 1.69. The lowest BCUT2D eigenvalue weighted by Crippen LogP contribution is -2.46. The van der Waals surface area contributed by atoms with Gasteiger partial charge < -0.3 is 15.3 Å². The minimum atomic E-state index is -1.01. The van der Waals surface area contributed by atoms with Crippen LogP contribution in [0.25, 0.3) is 0 Å². The zero-order valence-electron chi connectivity index (χ0n) is 10.1. The molecule has 16 heavy (non-hydrogen) atoms. The van der Waals surface area contributed by atoms with Gasteiger partial charge in [0, 0.05) is 11.6 Å². The first kappa shape index (κ1) is 15.1. The number of aliphatic hydroxyl groups excluding tert-OH is 2. The van der Waals surface area contributed by atoms with Crippen molar-refractivity contribution in [2.24, 2.45) is 0 Å². The Hall–Kier alpha value is -0.910. The van der Waals surface area contributed by atoms with E-state index in [0.29, 0.717) is 12.8 Å². The fourth-order valence-electron chi connectivity index (χ4n) is 1.69. The van der Waals surface area contributed by atoms with Crippen LogP contribution in [0.5, 0.6) is 0 Å². The van der Waals surface area contributed by atoms with Crippen molar-refractivity contribution >= 4 is 5.97 Å². The van der Waals surface area contributed by atoms with Crippen molar-refractivity contribution in [1.82, 2.24) is 4.90 Å². The van der Waals surface area contributed by atoms with E-state index in [9.17, 15) is 15.0 Å². The number of aliphatic carboxylic acids is 1. The van der Waals surface area contributed by atoms with Gasteiger partial charge in [0.2, 0.25) is 0 Å². The maximum Gasteiger partial charge on any atom is 0.330 e. The van der Waals surface area contributed by atoms with Crippen molar-refractivity contribution in [3.63, 3.8) is 0 Å². The Kier molecular flexibility index (Phi) is 6.25. The van der Waals surface area contributed by atoms with E-state index in [1.807, 2.05) is 6.92 Å². The number of aliphatic hydroxyl groups is 2. The third-order valence-corrected chi connectivity index (χ3v) is 2.54. The van der Waals surface area contributed by atoms with Crippen molar-refractivity contribution < 1.29 is 20.1 Å². The molecule has 5 heteroatoms. The average molecular weight is 231 g/mol. The molecule has 0 radical (unpaired) electrons. The third kappa shape index (κ3) is 4.74. The summed E-state index contributed by atoms with van der Waals surface area (Å²) in [5, 5.41) is 27.5. The molecule has 0 bridgehead atoms. The van der Waals surface area contributed by atoms with Crippen LogP contribution in [0.15, 0.2) is 12.2 Å². The van der Waals surface area contributed by atoms with E-state index in [4.69, 9.17) is 5.11 Å². The third-order valence-electron chi connectivity index (χ3n) is 2.54. The smallest absolute Gasteiger partial charge is 0.330 e. The Bertz CT molecular complexity index is 242. The molecule has 0 aromatic rings. The van der Waals surface area contributed by atoms with Crippen molar-refractivity contribution in [1.29, 1.82) is 0 Å². The topological polar surface area (TPSA) is 81.0 Å². The van der Waals surface area contributed by atoms with Gasteiger partial charge in [-0.15, -0.1) is 0 Å². The number of nitrogens with zero attached hydrogens (tertiary/aromatic N) is 1. The highest BCUT2D eigenvalue weighted by Crippen LogP contribution is 2.15. The van der Waals surface area contributed by atoms with Gasteiger partial charge in [0.1, 0.15) is 12.5 Å². The van der Waals surface area contributed by atoms with Gasteiger partial charge in [-0.1, -0.05) is 6.58 Å². The Morgan fingerprint density at radius 2 is 1.69 bits per heavy atom. The molecular formula is C11H21NO4. The minimum absolute atomic E-state index is 0.115. The van der Waals surface area contributed by atoms with Crippen LogP contribution in [-0.2, 0) is 4.79 Å². The normalized spacial score (nSPS) is 16.9. The summed E-state index contributed by atoms with van der Waals surface area (Å²) in [5.41, 5.74) is 0.142. The lowest BCUT2D eigenvalue weighted by Gasteiger charge is -2.34. The van der Waals surface area contributed by atoms with Crippen molar-refractivity contribution in [3.05, 3.63) is 12.2 Å². The van der Waals surface area contributed by atoms with Gasteiger partial charge in [0.15, 0.2) is 0 Å². The second kappa shape index (κ2) is 6.62. The molecule has 94 valence electrons. The van der Waals surface area contributed by atoms with Crippen LogP contribution in [0.2, 0.25) is 0 Å². The molecule has 0 aliphatic rings. The number of carbonyl (C=O) groups is 1. The number of hydrogen-bond donors (Lipinski definition) is 3. The Morgan fingerprint density at radius 3 is 2.00 bits per heavy atom. The van der Waals surface area contributed by atoms with Crippen molar-refractivity contribution in [2.75, 3.05) is 0 Å². The van der Waals surface area contributed by atoms with Crippen LogP contribution in [0.4, 0.5) is 0 Å². The summed E-state index contributed by atoms with van der Waals surface area (Å²) in [6, 6.07) is -0.115. The molecule has 0 saturated heterocycles. The van der Waals surface area contributed by atoms with Gasteiger partial charge in [-0.05, 0) is 33.6 Å². The first-order chi connectivity index (χ1) is 7.27. The minimum Gasteiger partial charge on any atom is -0.478 e. The molecule has 0 heterocycles. The van der Waals surface area contributed by atoms with Crippen molar-refractivity contribution in [2.45, 2.75) is 52.1 Å². The highest BCUT2D eigenvalue weighted by Gasteiger charge is 2.22. The van der Waals surface area contributed by atoms with Crippen molar-refractivity contribution in [3.8, 4) is 0 Å². The molecule has 0 spiro atoms. The van der Waals surface area contributed by atoms with Gasteiger partial charge in [-0.2, -0.15) is 0 Å².